The van der Waals surface area contributed by atoms with Crippen LogP contribution in [-0.2, 0) is 0 Å². The van der Waals surface area contributed by atoms with Gasteiger partial charge in [0.25, 0.3) is 0 Å². The zero-order valence-electron chi connectivity index (χ0n) is 5.05. The van der Waals surface area contributed by atoms with Gasteiger partial charge in [-0.3, -0.25) is 0 Å². The highest BCUT2D eigenvalue weighted by Gasteiger charge is 2.05. The van der Waals surface area contributed by atoms with Gasteiger partial charge in [-0.2, -0.15) is 0 Å². The van der Waals surface area contributed by atoms with E-state index in [9.17, 15) is 0 Å². The van der Waals surface area contributed by atoms with Gasteiger partial charge in [-0.1, -0.05) is 31.3 Å². The molecular weight excluding hydrogens is 116 g/mol. The van der Waals surface area contributed by atoms with Crippen molar-refractivity contribution in [1.82, 2.24) is 0 Å². The Hall–Kier alpha value is -0.170. The van der Waals surface area contributed by atoms with Crippen LogP contribution in [0.4, 0.5) is 0 Å². The molecule has 0 saturated heterocycles. The molecule has 0 fully saturated rings. The third-order valence-corrected chi connectivity index (χ3v) is 1.69. The molecule has 1 aliphatic rings. The molecule has 0 aromatic rings. The second-order valence-electron chi connectivity index (χ2n) is 2.41. The largest absolute Gasteiger partial charge is 0.0849 e. The van der Waals surface area contributed by atoms with Crippen molar-refractivity contribution in [3.8, 4) is 0 Å². The first-order valence-electron chi connectivity index (χ1n) is 2.98. The first-order valence-corrected chi connectivity index (χ1v) is 3.39. The van der Waals surface area contributed by atoms with Crippen LogP contribution in [0.5, 0.6) is 0 Å². The van der Waals surface area contributed by atoms with E-state index in [4.69, 9.17) is 12.2 Å². The third-order valence-electron chi connectivity index (χ3n) is 1.39. The van der Waals surface area contributed by atoms with Gasteiger partial charge in [0.2, 0.25) is 0 Å². The van der Waals surface area contributed by atoms with Gasteiger partial charge in [-0.15, -0.1) is 0 Å². The molecule has 1 atom stereocenters. The zero-order chi connectivity index (χ0) is 5.98. The maximum atomic E-state index is 5.00. The molecule has 1 rings (SSSR count). The molecule has 0 aliphatic heterocycles. The van der Waals surface area contributed by atoms with Gasteiger partial charge in [-0.05, 0) is 18.8 Å². The van der Waals surface area contributed by atoms with Crippen molar-refractivity contribution >= 4 is 17.1 Å². The topological polar surface area (TPSA) is 0 Å². The highest BCUT2D eigenvalue weighted by Crippen LogP contribution is 2.14. The monoisotopic (exact) mass is 126 g/mol. The minimum atomic E-state index is 0.785. The zero-order valence-corrected chi connectivity index (χ0v) is 5.87. The summed E-state index contributed by atoms with van der Waals surface area (Å²) in [5.41, 5.74) is 0. The van der Waals surface area contributed by atoms with E-state index in [-0.39, 0.29) is 0 Å². The Morgan fingerprint density at radius 1 is 1.75 bits per heavy atom. The van der Waals surface area contributed by atoms with E-state index in [1.54, 1.807) is 0 Å². The maximum absolute atomic E-state index is 5.00. The second-order valence-corrected chi connectivity index (χ2v) is 2.94. The number of allylic oxidation sites excluding steroid dienone is 2. The number of hydrogen-bond donors (Lipinski definition) is 0. The molecule has 0 saturated carbocycles. The minimum absolute atomic E-state index is 0.785. The van der Waals surface area contributed by atoms with Crippen molar-refractivity contribution in [2.24, 2.45) is 5.92 Å². The van der Waals surface area contributed by atoms with Gasteiger partial charge in [-0.25, -0.2) is 0 Å². The average molecular weight is 126 g/mol. The first kappa shape index (κ1) is 5.96. The van der Waals surface area contributed by atoms with Crippen molar-refractivity contribution in [2.45, 2.75) is 19.8 Å². The van der Waals surface area contributed by atoms with Crippen LogP contribution >= 0.6 is 12.2 Å². The Balaban J connectivity index is 2.54. The van der Waals surface area contributed by atoms with E-state index in [1.807, 2.05) is 0 Å². The fourth-order valence-electron chi connectivity index (χ4n) is 0.927. The highest BCUT2D eigenvalue weighted by atomic mass is 32.1. The molecule has 0 aromatic heterocycles. The Kier molecular flexibility index (Phi) is 1.79. The summed E-state index contributed by atoms with van der Waals surface area (Å²) in [6, 6.07) is 0. The smallest absolute Gasteiger partial charge is 0.0151 e. The molecule has 0 spiro atoms. The van der Waals surface area contributed by atoms with Crippen LogP contribution in [0.3, 0.4) is 0 Å². The highest BCUT2D eigenvalue weighted by molar-refractivity contribution is 7.80. The van der Waals surface area contributed by atoms with Gasteiger partial charge < -0.3 is 0 Å². The molecule has 44 valence electrons. The van der Waals surface area contributed by atoms with Gasteiger partial charge in [0.15, 0.2) is 0 Å². The van der Waals surface area contributed by atoms with Crippen LogP contribution in [0.2, 0.25) is 0 Å². The molecule has 0 heterocycles. The summed E-state index contributed by atoms with van der Waals surface area (Å²) in [7, 11) is 0. The molecule has 0 radical (unpaired) electrons. The van der Waals surface area contributed by atoms with Gasteiger partial charge in [0, 0.05) is 4.86 Å². The predicted octanol–water partition coefficient (Wildman–Crippen LogP) is 2.34. The van der Waals surface area contributed by atoms with E-state index < -0.39 is 0 Å². The molecule has 8 heavy (non-hydrogen) atoms. The summed E-state index contributed by atoms with van der Waals surface area (Å²) < 4.78 is 0. The molecule has 0 aromatic carbocycles. The van der Waals surface area contributed by atoms with E-state index in [0.717, 1.165) is 17.2 Å². The summed E-state index contributed by atoms with van der Waals surface area (Å²) in [5.74, 6) is 0.785. The first-order chi connectivity index (χ1) is 3.79. The fourth-order valence-corrected chi connectivity index (χ4v) is 1.31. The standard InChI is InChI=1S/C7H10S/c1-6-3-2-4-7(8)5-6/h2,4,6H,3,5H2,1H3. The molecule has 0 N–H and O–H groups in total. The van der Waals surface area contributed by atoms with E-state index in [0.29, 0.717) is 0 Å². The predicted molar refractivity (Wildman–Crippen MR) is 40.1 cm³/mol. The van der Waals surface area contributed by atoms with Gasteiger partial charge in [0.05, 0.1) is 0 Å². The Morgan fingerprint density at radius 3 is 2.88 bits per heavy atom. The van der Waals surface area contributed by atoms with Gasteiger partial charge >= 0.3 is 0 Å². The lowest BCUT2D eigenvalue weighted by Crippen LogP contribution is -2.04. The molecule has 0 bridgehead atoms. The second kappa shape index (κ2) is 2.40. The van der Waals surface area contributed by atoms with Crippen LogP contribution < -0.4 is 0 Å². The fraction of sp³-hybridized carbons (Fsp3) is 0.571. The molecular formula is C7H10S. The van der Waals surface area contributed by atoms with Crippen LogP contribution in [0.15, 0.2) is 12.2 Å². The molecule has 1 heteroatoms. The summed E-state index contributed by atoms with van der Waals surface area (Å²) >= 11 is 5.00. The van der Waals surface area contributed by atoms with E-state index in [1.165, 1.54) is 6.42 Å². The van der Waals surface area contributed by atoms with Crippen LogP contribution in [0.1, 0.15) is 19.8 Å². The van der Waals surface area contributed by atoms with E-state index in [2.05, 4.69) is 19.1 Å². The van der Waals surface area contributed by atoms with E-state index >= 15 is 0 Å². The van der Waals surface area contributed by atoms with Crippen LogP contribution in [0, 0.1) is 5.92 Å². The molecule has 1 unspecified atom stereocenters. The summed E-state index contributed by atoms with van der Waals surface area (Å²) in [6.07, 6.45) is 6.54. The van der Waals surface area contributed by atoms with Crippen molar-refractivity contribution in [3.63, 3.8) is 0 Å². The summed E-state index contributed by atoms with van der Waals surface area (Å²) in [5, 5.41) is 0. The van der Waals surface area contributed by atoms with Crippen molar-refractivity contribution < 1.29 is 0 Å². The van der Waals surface area contributed by atoms with Crippen LogP contribution in [-0.4, -0.2) is 4.86 Å². The lowest BCUT2D eigenvalue weighted by Gasteiger charge is -2.11. The lowest BCUT2D eigenvalue weighted by atomic mass is 9.97. The van der Waals surface area contributed by atoms with Crippen LogP contribution in [0.25, 0.3) is 0 Å². The lowest BCUT2D eigenvalue weighted by molar-refractivity contribution is 0.616. The molecule has 0 nitrogen and oxygen atoms in total. The average Bonchev–Trinajstić information content (AvgIpc) is 1.64. The third kappa shape index (κ3) is 1.41. The van der Waals surface area contributed by atoms with Crippen molar-refractivity contribution in [3.05, 3.63) is 12.2 Å². The number of hydrogen-bond acceptors (Lipinski definition) is 1. The SMILES string of the molecule is CC1CC=CC(=S)C1. The van der Waals surface area contributed by atoms with Crippen molar-refractivity contribution in [1.29, 1.82) is 0 Å². The number of thiocarbonyl (C=S) groups is 1. The maximum Gasteiger partial charge on any atom is 0.0151 e. The molecule has 0 amide bonds. The van der Waals surface area contributed by atoms with Gasteiger partial charge in [0.1, 0.15) is 0 Å². The Labute approximate surface area is 55.6 Å². The minimum Gasteiger partial charge on any atom is -0.0849 e. The summed E-state index contributed by atoms with van der Waals surface area (Å²) in [4.78, 5) is 1.11. The molecule has 1 aliphatic carbocycles. The Morgan fingerprint density at radius 2 is 2.50 bits per heavy atom. The quantitative estimate of drug-likeness (QED) is 0.449. The van der Waals surface area contributed by atoms with Crippen molar-refractivity contribution in [2.75, 3.05) is 0 Å². The number of rotatable bonds is 0. The normalized spacial score (nSPS) is 28.6. The Bertz CT molecular complexity index is 124. The summed E-state index contributed by atoms with van der Waals surface area (Å²) in [6.45, 7) is 2.23.